The van der Waals surface area contributed by atoms with Gasteiger partial charge in [0.1, 0.15) is 5.82 Å². The summed E-state index contributed by atoms with van der Waals surface area (Å²) in [5, 5.41) is 4.37. The lowest BCUT2D eigenvalue weighted by Gasteiger charge is -2.22. The lowest BCUT2D eigenvalue weighted by Crippen LogP contribution is -2.25. The lowest BCUT2D eigenvalue weighted by molar-refractivity contribution is 0.391. The summed E-state index contributed by atoms with van der Waals surface area (Å²) >= 11 is 12.2. The van der Waals surface area contributed by atoms with Gasteiger partial charge in [-0.2, -0.15) is 0 Å². The van der Waals surface area contributed by atoms with Crippen LogP contribution < -0.4 is 16.6 Å². The minimum atomic E-state index is 0.404. The van der Waals surface area contributed by atoms with Crippen LogP contribution in [0.1, 0.15) is 33.1 Å². The summed E-state index contributed by atoms with van der Waals surface area (Å²) in [5.41, 5.74) is 2.48. The van der Waals surface area contributed by atoms with Crippen LogP contribution in [0.5, 0.6) is 0 Å². The number of hydrogen-bond donors (Lipinski definition) is 3. The molecular weight excluding hydrogens is 283 g/mol. The van der Waals surface area contributed by atoms with Gasteiger partial charge in [0.05, 0.1) is 10.0 Å². The fraction of sp³-hybridized carbons (Fsp3) is 0.615. The predicted molar refractivity (Wildman–Crippen MR) is 81.7 cm³/mol. The van der Waals surface area contributed by atoms with Crippen LogP contribution in [0.4, 0.5) is 11.6 Å². The average molecular weight is 303 g/mol. The molecule has 4 N–H and O–H groups in total. The molecule has 4 nitrogen and oxygen atoms in total. The van der Waals surface area contributed by atoms with Crippen molar-refractivity contribution in [1.29, 1.82) is 0 Å². The second kappa shape index (κ2) is 6.16. The van der Waals surface area contributed by atoms with Crippen molar-refractivity contribution in [2.75, 3.05) is 10.7 Å². The number of nitrogens with two attached hydrogens (primary N) is 1. The number of anilines is 2. The minimum absolute atomic E-state index is 0.404. The fourth-order valence-electron chi connectivity index (χ4n) is 2.87. The van der Waals surface area contributed by atoms with Gasteiger partial charge in [0.25, 0.3) is 0 Å². The summed E-state index contributed by atoms with van der Waals surface area (Å²) in [4.78, 5) is 4.33. The molecule has 106 valence electrons. The van der Waals surface area contributed by atoms with Gasteiger partial charge in [-0.15, -0.1) is 0 Å². The molecule has 0 radical (unpaired) electrons. The highest BCUT2D eigenvalue weighted by Crippen LogP contribution is 2.37. The van der Waals surface area contributed by atoms with Crippen LogP contribution >= 0.6 is 23.2 Å². The third-order valence-electron chi connectivity index (χ3n) is 4.14. The van der Waals surface area contributed by atoms with Gasteiger partial charge in [-0.3, -0.25) is 0 Å². The van der Waals surface area contributed by atoms with E-state index < -0.39 is 0 Å². The van der Waals surface area contributed by atoms with Crippen LogP contribution in [0.2, 0.25) is 10.0 Å². The molecule has 1 aromatic rings. The largest absolute Gasteiger partial charge is 0.366 e. The monoisotopic (exact) mass is 302 g/mol. The van der Waals surface area contributed by atoms with E-state index in [4.69, 9.17) is 29.0 Å². The normalized spacial score (nSPS) is 26.5. The second-order valence-corrected chi connectivity index (χ2v) is 5.96. The Morgan fingerprint density at radius 1 is 1.32 bits per heavy atom. The molecule has 1 heterocycles. The molecule has 0 amide bonds. The molecule has 0 saturated heterocycles. The first kappa shape index (κ1) is 14.7. The number of halogens is 2. The number of nitrogens with one attached hydrogen (secondary N) is 2. The molecule has 0 aliphatic heterocycles. The Kier molecular flexibility index (Phi) is 4.76. The molecule has 1 aromatic heterocycles. The van der Waals surface area contributed by atoms with E-state index in [1.165, 1.54) is 12.8 Å². The van der Waals surface area contributed by atoms with E-state index in [1.54, 1.807) is 6.07 Å². The summed E-state index contributed by atoms with van der Waals surface area (Å²) in [5.74, 6) is 7.86. The Balaban J connectivity index is 2.15. The van der Waals surface area contributed by atoms with Gasteiger partial charge in [0.15, 0.2) is 5.82 Å². The number of hydrazine groups is 1. The molecule has 0 spiro atoms. The smallest absolute Gasteiger partial charge is 0.161 e. The fourth-order valence-corrected chi connectivity index (χ4v) is 3.34. The topological polar surface area (TPSA) is 63.0 Å². The van der Waals surface area contributed by atoms with E-state index in [2.05, 4.69) is 29.6 Å². The minimum Gasteiger partial charge on any atom is -0.366 e. The van der Waals surface area contributed by atoms with Gasteiger partial charge in [0.2, 0.25) is 0 Å². The SMILES string of the molecule is CCC1CCC(Nc2nc(NN)c(Cl)cc2Cl)C1C. The van der Waals surface area contributed by atoms with Gasteiger partial charge in [-0.1, -0.05) is 43.5 Å². The molecule has 6 heteroatoms. The van der Waals surface area contributed by atoms with Crippen molar-refractivity contribution in [2.24, 2.45) is 17.7 Å². The lowest BCUT2D eigenvalue weighted by atomic mass is 9.93. The quantitative estimate of drug-likeness (QED) is 0.583. The standard InChI is InChI=1S/C13H20Cl2N4/c1-3-8-4-5-11(7(8)2)17-12-9(14)6-10(15)13(18-12)19-16/h6-8,11H,3-5,16H2,1-2H3,(H2,17,18,19). The van der Waals surface area contributed by atoms with Crippen LogP contribution in [0.15, 0.2) is 6.07 Å². The Morgan fingerprint density at radius 3 is 2.58 bits per heavy atom. The number of rotatable bonds is 4. The highest BCUT2D eigenvalue weighted by atomic mass is 35.5. The molecule has 1 aliphatic rings. The predicted octanol–water partition coefficient (Wildman–Crippen LogP) is 3.91. The summed E-state index contributed by atoms with van der Waals surface area (Å²) in [6.45, 7) is 4.53. The maximum Gasteiger partial charge on any atom is 0.161 e. The van der Waals surface area contributed by atoms with E-state index >= 15 is 0 Å². The van der Waals surface area contributed by atoms with Crippen LogP contribution in [0.3, 0.4) is 0 Å². The highest BCUT2D eigenvalue weighted by Gasteiger charge is 2.32. The number of nitrogens with zero attached hydrogens (tertiary/aromatic N) is 1. The van der Waals surface area contributed by atoms with Crippen molar-refractivity contribution in [2.45, 2.75) is 39.2 Å². The van der Waals surface area contributed by atoms with Gasteiger partial charge in [0, 0.05) is 6.04 Å². The third-order valence-corrected chi connectivity index (χ3v) is 4.72. The first-order valence-corrected chi connectivity index (χ1v) is 7.41. The molecular formula is C13H20Cl2N4. The van der Waals surface area contributed by atoms with Crippen molar-refractivity contribution in [1.82, 2.24) is 4.98 Å². The summed E-state index contributed by atoms with van der Waals surface area (Å²) in [6, 6.07) is 2.06. The van der Waals surface area contributed by atoms with E-state index in [9.17, 15) is 0 Å². The van der Waals surface area contributed by atoms with Crippen LogP contribution in [0.25, 0.3) is 0 Å². The van der Waals surface area contributed by atoms with Crippen LogP contribution in [-0.4, -0.2) is 11.0 Å². The van der Waals surface area contributed by atoms with Crippen molar-refractivity contribution in [3.63, 3.8) is 0 Å². The second-order valence-electron chi connectivity index (χ2n) is 5.15. The Bertz CT molecular complexity index is 453. The molecule has 1 saturated carbocycles. The summed E-state index contributed by atoms with van der Waals surface area (Å²) < 4.78 is 0. The van der Waals surface area contributed by atoms with Crippen LogP contribution in [-0.2, 0) is 0 Å². The number of hydrogen-bond acceptors (Lipinski definition) is 4. The zero-order valence-electron chi connectivity index (χ0n) is 11.2. The van der Waals surface area contributed by atoms with Gasteiger partial charge in [-0.25, -0.2) is 10.8 Å². The molecule has 1 aliphatic carbocycles. The number of nitrogen functional groups attached to an aromatic ring is 1. The Morgan fingerprint density at radius 2 is 2.00 bits per heavy atom. The van der Waals surface area contributed by atoms with E-state index in [1.807, 2.05) is 0 Å². The van der Waals surface area contributed by atoms with Crippen molar-refractivity contribution < 1.29 is 0 Å². The van der Waals surface area contributed by atoms with E-state index in [0.29, 0.717) is 33.6 Å². The van der Waals surface area contributed by atoms with Gasteiger partial charge in [-0.05, 0) is 30.7 Å². The zero-order valence-corrected chi connectivity index (χ0v) is 12.7. The molecule has 0 aromatic carbocycles. The van der Waals surface area contributed by atoms with Crippen LogP contribution in [0, 0.1) is 11.8 Å². The molecule has 3 unspecified atom stereocenters. The Labute approximate surface area is 124 Å². The molecule has 2 rings (SSSR count). The molecule has 1 fully saturated rings. The maximum absolute atomic E-state index is 6.18. The van der Waals surface area contributed by atoms with Crippen molar-refractivity contribution in [3.05, 3.63) is 16.1 Å². The van der Waals surface area contributed by atoms with E-state index in [-0.39, 0.29) is 0 Å². The first-order chi connectivity index (χ1) is 9.06. The highest BCUT2D eigenvalue weighted by molar-refractivity contribution is 6.37. The number of pyridine rings is 1. The van der Waals surface area contributed by atoms with E-state index in [0.717, 1.165) is 12.3 Å². The summed E-state index contributed by atoms with van der Waals surface area (Å²) in [6.07, 6.45) is 3.62. The first-order valence-electron chi connectivity index (χ1n) is 6.66. The summed E-state index contributed by atoms with van der Waals surface area (Å²) in [7, 11) is 0. The average Bonchev–Trinajstić information content (AvgIpc) is 2.73. The third kappa shape index (κ3) is 3.07. The van der Waals surface area contributed by atoms with Gasteiger partial charge >= 0.3 is 0 Å². The van der Waals surface area contributed by atoms with Gasteiger partial charge < -0.3 is 10.7 Å². The van der Waals surface area contributed by atoms with Crippen molar-refractivity contribution in [3.8, 4) is 0 Å². The van der Waals surface area contributed by atoms with Crippen molar-refractivity contribution >= 4 is 34.8 Å². The zero-order chi connectivity index (χ0) is 14.0. The maximum atomic E-state index is 6.18. The number of aromatic nitrogens is 1. The molecule has 19 heavy (non-hydrogen) atoms. The molecule has 3 atom stereocenters. The molecule has 0 bridgehead atoms. The Hall–Kier alpha value is -0.710.